The Morgan fingerprint density at radius 3 is 2.94 bits per heavy atom. The molecule has 5 nitrogen and oxygen atoms in total. The highest BCUT2D eigenvalue weighted by Gasteiger charge is 2.29. The third kappa shape index (κ3) is 2.65. The van der Waals surface area contributed by atoms with E-state index in [-0.39, 0.29) is 5.89 Å². The van der Waals surface area contributed by atoms with Crippen molar-refractivity contribution in [2.45, 2.75) is 45.4 Å². The zero-order chi connectivity index (χ0) is 12.3. The average Bonchev–Trinajstić information content (AvgIpc) is 2.98. The average molecular weight is 238 g/mol. The van der Waals surface area contributed by atoms with Gasteiger partial charge in [-0.25, -0.2) is 4.79 Å². The molecule has 1 fully saturated rings. The maximum atomic E-state index is 11.4. The third-order valence-corrected chi connectivity index (χ3v) is 3.38. The van der Waals surface area contributed by atoms with E-state index in [4.69, 9.17) is 9.26 Å². The molecular formula is C12H18N2O3. The van der Waals surface area contributed by atoms with E-state index in [1.54, 1.807) is 6.92 Å². The summed E-state index contributed by atoms with van der Waals surface area (Å²) in [6.45, 7) is 4.27. The van der Waals surface area contributed by atoms with Gasteiger partial charge in [-0.2, -0.15) is 4.98 Å². The topological polar surface area (TPSA) is 65.2 Å². The minimum Gasteiger partial charge on any atom is -0.459 e. The lowest BCUT2D eigenvalue weighted by Crippen LogP contribution is -2.05. The fourth-order valence-electron chi connectivity index (χ4n) is 2.36. The van der Waals surface area contributed by atoms with Gasteiger partial charge in [-0.15, -0.1) is 0 Å². The van der Waals surface area contributed by atoms with E-state index in [1.807, 2.05) is 0 Å². The number of rotatable bonds is 4. The zero-order valence-corrected chi connectivity index (χ0v) is 10.3. The molecule has 0 spiro atoms. The van der Waals surface area contributed by atoms with E-state index in [0.29, 0.717) is 18.3 Å². The molecule has 17 heavy (non-hydrogen) atoms. The minimum absolute atomic E-state index is 0.0261. The van der Waals surface area contributed by atoms with Crippen molar-refractivity contribution in [3.8, 4) is 0 Å². The SMILES string of the molecule is CCOC(=O)c1nc(C2CCC(CC)C2)no1. The Morgan fingerprint density at radius 1 is 1.47 bits per heavy atom. The van der Waals surface area contributed by atoms with Crippen LogP contribution in [0.4, 0.5) is 0 Å². The molecule has 1 aromatic heterocycles. The Bertz CT molecular complexity index is 389. The highest BCUT2D eigenvalue weighted by atomic mass is 16.6. The number of hydrogen-bond donors (Lipinski definition) is 0. The summed E-state index contributed by atoms with van der Waals surface area (Å²) in [7, 11) is 0. The second-order valence-electron chi connectivity index (χ2n) is 4.46. The summed E-state index contributed by atoms with van der Waals surface area (Å²) in [5, 5.41) is 3.88. The van der Waals surface area contributed by atoms with E-state index < -0.39 is 5.97 Å². The number of ether oxygens (including phenoxy) is 1. The standard InChI is InChI=1S/C12H18N2O3/c1-3-8-5-6-9(7-8)10-13-11(17-14-10)12(15)16-4-2/h8-9H,3-7H2,1-2H3. The molecule has 2 unspecified atom stereocenters. The van der Waals surface area contributed by atoms with Crippen molar-refractivity contribution in [1.29, 1.82) is 0 Å². The van der Waals surface area contributed by atoms with Crippen LogP contribution < -0.4 is 0 Å². The van der Waals surface area contributed by atoms with Gasteiger partial charge in [-0.3, -0.25) is 0 Å². The highest BCUT2D eigenvalue weighted by Crippen LogP contribution is 2.38. The number of aromatic nitrogens is 2. The molecule has 0 bridgehead atoms. The zero-order valence-electron chi connectivity index (χ0n) is 10.3. The molecule has 1 heterocycles. The highest BCUT2D eigenvalue weighted by molar-refractivity contribution is 5.83. The lowest BCUT2D eigenvalue weighted by Gasteiger charge is -2.04. The number of hydrogen-bond acceptors (Lipinski definition) is 5. The maximum Gasteiger partial charge on any atom is 0.397 e. The van der Waals surface area contributed by atoms with Crippen LogP contribution in [0.15, 0.2) is 4.52 Å². The van der Waals surface area contributed by atoms with Crippen LogP contribution in [-0.4, -0.2) is 22.7 Å². The van der Waals surface area contributed by atoms with Gasteiger partial charge in [0.2, 0.25) is 0 Å². The Labute approximate surface area is 101 Å². The van der Waals surface area contributed by atoms with Gasteiger partial charge in [0, 0.05) is 5.92 Å². The number of esters is 1. The largest absolute Gasteiger partial charge is 0.459 e. The van der Waals surface area contributed by atoms with Crippen molar-refractivity contribution in [3.63, 3.8) is 0 Å². The van der Waals surface area contributed by atoms with E-state index in [0.717, 1.165) is 18.8 Å². The summed E-state index contributed by atoms with van der Waals surface area (Å²) >= 11 is 0. The quantitative estimate of drug-likeness (QED) is 0.754. The van der Waals surface area contributed by atoms with Crippen molar-refractivity contribution in [1.82, 2.24) is 10.1 Å². The first kappa shape index (κ1) is 12.1. The normalized spacial score (nSPS) is 23.9. The molecule has 1 aromatic rings. The molecule has 0 radical (unpaired) electrons. The van der Waals surface area contributed by atoms with Crippen LogP contribution in [0.1, 0.15) is 62.0 Å². The predicted octanol–water partition coefficient (Wildman–Crippen LogP) is 2.54. The minimum atomic E-state index is -0.531. The molecule has 1 saturated carbocycles. The first-order valence-corrected chi connectivity index (χ1v) is 6.25. The fourth-order valence-corrected chi connectivity index (χ4v) is 2.36. The van der Waals surface area contributed by atoms with Crippen molar-refractivity contribution in [2.75, 3.05) is 6.61 Å². The molecule has 2 atom stereocenters. The predicted molar refractivity (Wildman–Crippen MR) is 60.6 cm³/mol. The van der Waals surface area contributed by atoms with Crippen molar-refractivity contribution < 1.29 is 14.1 Å². The second kappa shape index (κ2) is 5.29. The molecule has 0 aliphatic heterocycles. The van der Waals surface area contributed by atoms with E-state index >= 15 is 0 Å². The lowest BCUT2D eigenvalue weighted by atomic mass is 10.0. The van der Waals surface area contributed by atoms with Crippen LogP contribution >= 0.6 is 0 Å². The molecule has 1 aliphatic rings. The number of carbonyl (C=O) groups is 1. The molecule has 0 aromatic carbocycles. The van der Waals surface area contributed by atoms with Crippen LogP contribution in [0.2, 0.25) is 0 Å². The molecule has 0 saturated heterocycles. The maximum absolute atomic E-state index is 11.4. The molecule has 94 valence electrons. The van der Waals surface area contributed by atoms with Crippen LogP contribution in [0.3, 0.4) is 0 Å². The van der Waals surface area contributed by atoms with Crippen LogP contribution in [-0.2, 0) is 4.74 Å². The Morgan fingerprint density at radius 2 is 2.29 bits per heavy atom. The molecule has 0 N–H and O–H groups in total. The molecule has 1 aliphatic carbocycles. The summed E-state index contributed by atoms with van der Waals surface area (Å²) < 4.78 is 9.74. The summed E-state index contributed by atoms with van der Waals surface area (Å²) in [5.74, 6) is 1.19. The van der Waals surface area contributed by atoms with E-state index in [2.05, 4.69) is 17.1 Å². The van der Waals surface area contributed by atoms with Crippen molar-refractivity contribution >= 4 is 5.97 Å². The number of nitrogens with zero attached hydrogens (tertiary/aromatic N) is 2. The van der Waals surface area contributed by atoms with Crippen molar-refractivity contribution in [2.24, 2.45) is 5.92 Å². The van der Waals surface area contributed by atoms with Gasteiger partial charge in [-0.1, -0.05) is 18.5 Å². The monoisotopic (exact) mass is 238 g/mol. The summed E-state index contributed by atoms with van der Waals surface area (Å²) in [6.07, 6.45) is 4.59. The Kier molecular flexibility index (Phi) is 3.76. The molecule has 0 amide bonds. The van der Waals surface area contributed by atoms with Crippen LogP contribution in [0, 0.1) is 5.92 Å². The van der Waals surface area contributed by atoms with Gasteiger partial charge >= 0.3 is 11.9 Å². The molecular weight excluding hydrogens is 220 g/mol. The third-order valence-electron chi connectivity index (χ3n) is 3.38. The Hall–Kier alpha value is -1.39. The van der Waals surface area contributed by atoms with Crippen molar-refractivity contribution in [3.05, 3.63) is 11.7 Å². The van der Waals surface area contributed by atoms with Gasteiger partial charge in [0.05, 0.1) is 6.61 Å². The fraction of sp³-hybridized carbons (Fsp3) is 0.750. The second-order valence-corrected chi connectivity index (χ2v) is 4.46. The first-order valence-electron chi connectivity index (χ1n) is 6.25. The van der Waals surface area contributed by atoms with E-state index in [9.17, 15) is 4.79 Å². The van der Waals surface area contributed by atoms with E-state index in [1.165, 1.54) is 12.8 Å². The summed E-state index contributed by atoms with van der Waals surface area (Å²) in [5.41, 5.74) is 0. The van der Waals surface area contributed by atoms with Crippen LogP contribution in [0.5, 0.6) is 0 Å². The molecule has 5 heteroatoms. The van der Waals surface area contributed by atoms with Gasteiger partial charge in [0.1, 0.15) is 0 Å². The summed E-state index contributed by atoms with van der Waals surface area (Å²) in [4.78, 5) is 15.5. The van der Waals surface area contributed by atoms with Gasteiger partial charge in [0.15, 0.2) is 5.82 Å². The lowest BCUT2D eigenvalue weighted by molar-refractivity contribution is 0.0470. The summed E-state index contributed by atoms with van der Waals surface area (Å²) in [6, 6.07) is 0. The number of carbonyl (C=O) groups excluding carboxylic acids is 1. The van der Waals surface area contributed by atoms with Crippen LogP contribution in [0.25, 0.3) is 0 Å². The van der Waals surface area contributed by atoms with Gasteiger partial charge in [0.25, 0.3) is 0 Å². The Balaban J connectivity index is 2.01. The smallest absolute Gasteiger partial charge is 0.397 e. The van der Waals surface area contributed by atoms with Gasteiger partial charge in [-0.05, 0) is 32.1 Å². The van der Waals surface area contributed by atoms with Gasteiger partial charge < -0.3 is 9.26 Å². The first-order chi connectivity index (χ1) is 8.24. The molecule has 2 rings (SSSR count).